The van der Waals surface area contributed by atoms with Crippen LogP contribution in [0.15, 0.2) is 42.5 Å². The van der Waals surface area contributed by atoms with Gasteiger partial charge in [0.05, 0.1) is 0 Å². The van der Waals surface area contributed by atoms with E-state index in [1.807, 2.05) is 18.2 Å². The molecule has 0 aliphatic heterocycles. The lowest BCUT2D eigenvalue weighted by Gasteiger charge is -2.07. The van der Waals surface area contributed by atoms with Crippen molar-refractivity contribution in [2.24, 2.45) is 0 Å². The number of aryl methyl sites for hydroxylation is 1. The monoisotopic (exact) mass is 422 g/mol. The Balaban J connectivity index is 1.47. The first-order valence-electron chi connectivity index (χ1n) is 12.9. The summed E-state index contributed by atoms with van der Waals surface area (Å²) in [5.74, 6) is 0. The van der Waals surface area contributed by atoms with Gasteiger partial charge in [0.1, 0.15) is 0 Å². The molecule has 2 rings (SSSR count). The molecule has 2 nitrogen and oxygen atoms in total. The van der Waals surface area contributed by atoms with Crippen molar-refractivity contribution in [1.82, 2.24) is 0 Å². The molecule has 0 saturated carbocycles. The summed E-state index contributed by atoms with van der Waals surface area (Å²) in [6.45, 7) is 2.29. The number of nitrogens with two attached hydrogens (primary N) is 2. The predicted molar refractivity (Wildman–Crippen MR) is 139 cm³/mol. The van der Waals surface area contributed by atoms with Gasteiger partial charge < -0.3 is 11.5 Å². The number of rotatable bonds is 17. The Kier molecular flexibility index (Phi) is 12.9. The summed E-state index contributed by atoms with van der Waals surface area (Å²) >= 11 is 0. The van der Waals surface area contributed by atoms with Crippen LogP contribution in [0.4, 0.5) is 11.4 Å². The number of hydrogen-bond donors (Lipinski definition) is 2. The van der Waals surface area contributed by atoms with Crippen molar-refractivity contribution in [2.45, 2.75) is 110 Å². The van der Waals surface area contributed by atoms with E-state index in [1.54, 1.807) is 0 Å². The molecule has 0 amide bonds. The smallest absolute Gasteiger partial charge is 0.0337 e. The lowest BCUT2D eigenvalue weighted by Crippen LogP contribution is -1.95. The molecule has 0 spiro atoms. The van der Waals surface area contributed by atoms with Gasteiger partial charge in [-0.25, -0.2) is 0 Å². The number of hydrogen-bond acceptors (Lipinski definition) is 2. The third-order valence-electron chi connectivity index (χ3n) is 6.29. The van der Waals surface area contributed by atoms with Crippen molar-refractivity contribution < 1.29 is 0 Å². The molecule has 2 heteroatoms. The van der Waals surface area contributed by atoms with E-state index in [9.17, 15) is 0 Å². The molecule has 0 aliphatic rings. The first-order valence-corrected chi connectivity index (χ1v) is 12.9. The molecule has 172 valence electrons. The van der Waals surface area contributed by atoms with Crippen molar-refractivity contribution in [2.75, 3.05) is 11.5 Å². The van der Waals surface area contributed by atoms with E-state index >= 15 is 0 Å². The number of unbranched alkanes of at least 4 members (excludes halogenated alkanes) is 13. The highest BCUT2D eigenvalue weighted by molar-refractivity contribution is 5.55. The summed E-state index contributed by atoms with van der Waals surface area (Å²) in [6.07, 6.45) is 21.9. The second-order valence-corrected chi connectivity index (χ2v) is 9.35. The quantitative estimate of drug-likeness (QED) is 0.198. The molecule has 0 radical (unpaired) electrons. The Morgan fingerprint density at radius 1 is 0.484 bits per heavy atom. The zero-order valence-corrected chi connectivity index (χ0v) is 20.0. The molecule has 4 N–H and O–H groups in total. The fraction of sp³-hybridized carbons (Fsp3) is 0.586. The van der Waals surface area contributed by atoms with Crippen molar-refractivity contribution in [3.63, 3.8) is 0 Å². The fourth-order valence-electron chi connectivity index (χ4n) is 4.43. The molecule has 2 aromatic carbocycles. The highest BCUT2D eigenvalue weighted by atomic mass is 14.6. The van der Waals surface area contributed by atoms with Crippen molar-refractivity contribution in [3.05, 3.63) is 59.2 Å². The summed E-state index contributed by atoms with van der Waals surface area (Å²) < 4.78 is 0. The molecule has 0 fully saturated rings. The maximum Gasteiger partial charge on any atom is 0.0337 e. The third-order valence-corrected chi connectivity index (χ3v) is 6.29. The molecule has 31 heavy (non-hydrogen) atoms. The second-order valence-electron chi connectivity index (χ2n) is 9.35. The fourth-order valence-corrected chi connectivity index (χ4v) is 4.43. The molecular weight excluding hydrogens is 376 g/mol. The Bertz CT molecular complexity index is 685. The average molecular weight is 423 g/mol. The first kappa shape index (κ1) is 25.3. The van der Waals surface area contributed by atoms with Crippen molar-refractivity contribution in [1.29, 1.82) is 0 Å². The maximum atomic E-state index is 5.90. The van der Waals surface area contributed by atoms with Crippen molar-refractivity contribution >= 4 is 11.4 Å². The van der Waals surface area contributed by atoms with Crippen LogP contribution in [-0.2, 0) is 12.8 Å². The molecule has 0 atom stereocenters. The van der Waals surface area contributed by atoms with Crippen LogP contribution >= 0.6 is 0 Å². The van der Waals surface area contributed by atoms with Gasteiger partial charge in [-0.15, -0.1) is 0 Å². The van der Waals surface area contributed by atoms with E-state index in [-0.39, 0.29) is 0 Å². The van der Waals surface area contributed by atoms with Crippen LogP contribution in [0.25, 0.3) is 0 Å². The molecule has 0 bridgehead atoms. The van der Waals surface area contributed by atoms with Crippen LogP contribution in [0.1, 0.15) is 114 Å². The topological polar surface area (TPSA) is 52.0 Å². The molecule has 2 aromatic rings. The summed E-state index contributed by atoms with van der Waals surface area (Å²) in [7, 11) is 0. The first-order chi connectivity index (χ1) is 15.2. The number of nitrogen functional groups attached to an aromatic ring is 2. The SMILES string of the molecule is CCCCCCCCCCCCCCCCc1ccc(Cc2cc(N)cc(N)c2)cc1. The lowest BCUT2D eigenvalue weighted by molar-refractivity contribution is 0.535. The van der Waals surface area contributed by atoms with Gasteiger partial charge in [-0.2, -0.15) is 0 Å². The van der Waals surface area contributed by atoms with Crippen LogP contribution in [-0.4, -0.2) is 0 Å². The van der Waals surface area contributed by atoms with Gasteiger partial charge in [0.2, 0.25) is 0 Å². The lowest BCUT2D eigenvalue weighted by atomic mass is 10.00. The van der Waals surface area contributed by atoms with Gasteiger partial charge in [0, 0.05) is 11.4 Å². The van der Waals surface area contributed by atoms with Gasteiger partial charge in [-0.1, -0.05) is 115 Å². The van der Waals surface area contributed by atoms with E-state index in [0.717, 1.165) is 17.8 Å². The summed E-state index contributed by atoms with van der Waals surface area (Å²) in [4.78, 5) is 0. The highest BCUT2D eigenvalue weighted by Crippen LogP contribution is 2.18. The van der Waals surface area contributed by atoms with E-state index in [0.29, 0.717) is 0 Å². The zero-order chi connectivity index (χ0) is 22.2. The molecule has 0 aromatic heterocycles. The summed E-state index contributed by atoms with van der Waals surface area (Å²) in [6, 6.07) is 14.9. The maximum absolute atomic E-state index is 5.90. The van der Waals surface area contributed by atoms with Crippen LogP contribution in [0.2, 0.25) is 0 Å². The Morgan fingerprint density at radius 3 is 1.39 bits per heavy atom. The minimum absolute atomic E-state index is 0.740. The van der Waals surface area contributed by atoms with Crippen LogP contribution in [0.5, 0.6) is 0 Å². The minimum atomic E-state index is 0.740. The van der Waals surface area contributed by atoms with Gasteiger partial charge in [-0.05, 0) is 54.2 Å². The van der Waals surface area contributed by atoms with E-state index in [1.165, 1.54) is 113 Å². The van der Waals surface area contributed by atoms with Gasteiger partial charge in [-0.3, -0.25) is 0 Å². The molecule has 0 heterocycles. The normalized spacial score (nSPS) is 11.1. The molecular formula is C29H46N2. The summed E-state index contributed by atoms with van der Waals surface area (Å²) in [5.41, 5.74) is 17.2. The molecule has 0 aliphatic carbocycles. The Morgan fingerprint density at radius 2 is 0.903 bits per heavy atom. The number of anilines is 2. The highest BCUT2D eigenvalue weighted by Gasteiger charge is 2.01. The average Bonchev–Trinajstić information content (AvgIpc) is 2.74. The van der Waals surface area contributed by atoms with Crippen molar-refractivity contribution in [3.8, 4) is 0 Å². The molecule has 0 saturated heterocycles. The van der Waals surface area contributed by atoms with Crippen LogP contribution in [0, 0.1) is 0 Å². The van der Waals surface area contributed by atoms with Crippen LogP contribution < -0.4 is 11.5 Å². The van der Waals surface area contributed by atoms with E-state index in [2.05, 4.69) is 31.2 Å². The largest absolute Gasteiger partial charge is 0.399 e. The minimum Gasteiger partial charge on any atom is -0.399 e. The molecule has 0 unspecified atom stereocenters. The van der Waals surface area contributed by atoms with Gasteiger partial charge >= 0.3 is 0 Å². The second kappa shape index (κ2) is 15.8. The van der Waals surface area contributed by atoms with Crippen LogP contribution in [0.3, 0.4) is 0 Å². The zero-order valence-electron chi connectivity index (χ0n) is 20.0. The predicted octanol–water partition coefficient (Wildman–Crippen LogP) is 8.47. The Labute approximate surface area is 191 Å². The third kappa shape index (κ3) is 11.9. The van der Waals surface area contributed by atoms with E-state index < -0.39 is 0 Å². The Hall–Kier alpha value is -1.96. The summed E-state index contributed by atoms with van der Waals surface area (Å²) in [5, 5.41) is 0. The van der Waals surface area contributed by atoms with Gasteiger partial charge in [0.25, 0.3) is 0 Å². The standard InChI is InChI=1S/C29H46N2/c1-2-3-4-5-6-7-8-9-10-11-12-13-14-15-16-25-17-19-26(20-18-25)21-27-22-28(30)24-29(31)23-27/h17-20,22-24H,2-16,21,30-31H2,1H3. The number of benzene rings is 2. The van der Waals surface area contributed by atoms with Gasteiger partial charge in [0.15, 0.2) is 0 Å². The van der Waals surface area contributed by atoms with E-state index in [4.69, 9.17) is 11.5 Å².